The molecule has 2 aromatic rings. The van der Waals surface area contributed by atoms with Gasteiger partial charge in [0.2, 0.25) is 5.60 Å². The SMILES string of the molecule is NC(=O)[C@]1(c2ccccn2)O[C@H]1c1ccccn1. The molecule has 0 bridgehead atoms. The van der Waals surface area contributed by atoms with Crippen molar-refractivity contribution in [3.05, 3.63) is 60.2 Å². The van der Waals surface area contributed by atoms with Gasteiger partial charge in [-0.15, -0.1) is 0 Å². The standard InChI is InChI=1S/C13H11N3O2/c14-12(17)13(10-6-2-4-8-16-10)11(18-13)9-5-1-3-7-15-9/h1-8,11H,(H2,14,17)/t11-,13+/m0/s1. The molecule has 18 heavy (non-hydrogen) atoms. The highest BCUT2D eigenvalue weighted by Crippen LogP contribution is 2.55. The molecule has 2 atom stereocenters. The van der Waals surface area contributed by atoms with Gasteiger partial charge in [0.1, 0.15) is 6.10 Å². The monoisotopic (exact) mass is 241 g/mol. The zero-order valence-corrected chi connectivity index (χ0v) is 9.48. The maximum atomic E-state index is 11.7. The molecule has 0 spiro atoms. The molecule has 1 amide bonds. The third kappa shape index (κ3) is 1.48. The number of hydrogen-bond donors (Lipinski definition) is 1. The normalized spacial score (nSPS) is 25.7. The van der Waals surface area contributed by atoms with Crippen LogP contribution in [0.25, 0.3) is 0 Å². The van der Waals surface area contributed by atoms with Gasteiger partial charge in [-0.25, -0.2) is 0 Å². The minimum atomic E-state index is -1.17. The van der Waals surface area contributed by atoms with E-state index in [1.807, 2.05) is 6.07 Å². The highest BCUT2D eigenvalue weighted by molar-refractivity contribution is 5.88. The van der Waals surface area contributed by atoms with E-state index in [-0.39, 0.29) is 0 Å². The number of ether oxygens (including phenoxy) is 1. The molecule has 5 heteroatoms. The number of amides is 1. The fraction of sp³-hybridized carbons (Fsp3) is 0.154. The highest BCUT2D eigenvalue weighted by atomic mass is 16.6. The fourth-order valence-electron chi connectivity index (χ4n) is 2.04. The summed E-state index contributed by atoms with van der Waals surface area (Å²) in [7, 11) is 0. The van der Waals surface area contributed by atoms with E-state index < -0.39 is 17.6 Å². The number of carbonyl (C=O) groups is 1. The van der Waals surface area contributed by atoms with Gasteiger partial charge in [0.25, 0.3) is 5.91 Å². The van der Waals surface area contributed by atoms with E-state index in [4.69, 9.17) is 10.5 Å². The molecular weight excluding hydrogens is 230 g/mol. The van der Waals surface area contributed by atoms with E-state index in [2.05, 4.69) is 9.97 Å². The van der Waals surface area contributed by atoms with Crippen LogP contribution in [-0.2, 0) is 15.1 Å². The van der Waals surface area contributed by atoms with Gasteiger partial charge in [-0.1, -0.05) is 12.1 Å². The lowest BCUT2D eigenvalue weighted by molar-refractivity contribution is -0.123. The van der Waals surface area contributed by atoms with Crippen LogP contribution >= 0.6 is 0 Å². The molecule has 2 N–H and O–H groups in total. The summed E-state index contributed by atoms with van der Waals surface area (Å²) in [5.41, 5.74) is 5.49. The van der Waals surface area contributed by atoms with Gasteiger partial charge in [0, 0.05) is 12.4 Å². The molecule has 3 heterocycles. The molecule has 2 aromatic heterocycles. The summed E-state index contributed by atoms with van der Waals surface area (Å²) in [6.07, 6.45) is 2.81. The van der Waals surface area contributed by atoms with Crippen molar-refractivity contribution < 1.29 is 9.53 Å². The van der Waals surface area contributed by atoms with Crippen molar-refractivity contribution in [1.82, 2.24) is 9.97 Å². The van der Waals surface area contributed by atoms with Crippen LogP contribution in [0.15, 0.2) is 48.8 Å². The Balaban J connectivity index is 2.01. The molecule has 0 aliphatic carbocycles. The highest BCUT2D eigenvalue weighted by Gasteiger charge is 2.65. The minimum Gasteiger partial charge on any atom is -0.367 e. The molecule has 5 nitrogen and oxygen atoms in total. The molecule has 90 valence electrons. The third-order valence-corrected chi connectivity index (χ3v) is 2.98. The Morgan fingerprint density at radius 3 is 2.44 bits per heavy atom. The Hall–Kier alpha value is -2.27. The molecule has 1 fully saturated rings. The third-order valence-electron chi connectivity index (χ3n) is 2.98. The number of nitrogens with zero attached hydrogens (tertiary/aromatic N) is 2. The van der Waals surface area contributed by atoms with E-state index in [1.54, 1.807) is 42.7 Å². The van der Waals surface area contributed by atoms with Gasteiger partial charge in [-0.2, -0.15) is 0 Å². The van der Waals surface area contributed by atoms with E-state index >= 15 is 0 Å². The van der Waals surface area contributed by atoms with Gasteiger partial charge in [-0.3, -0.25) is 14.8 Å². The lowest BCUT2D eigenvalue weighted by Gasteiger charge is -2.07. The Bertz CT molecular complexity index is 573. The van der Waals surface area contributed by atoms with E-state index in [1.165, 1.54) is 0 Å². The summed E-state index contributed by atoms with van der Waals surface area (Å²) in [6, 6.07) is 10.7. The predicted octanol–water partition coefficient (Wildman–Crippen LogP) is 0.929. The first-order valence-electron chi connectivity index (χ1n) is 5.55. The maximum absolute atomic E-state index is 11.7. The Morgan fingerprint density at radius 2 is 1.89 bits per heavy atom. The second-order valence-corrected chi connectivity index (χ2v) is 4.07. The van der Waals surface area contributed by atoms with Gasteiger partial charge in [-0.05, 0) is 24.3 Å². The number of primary amides is 1. The first-order valence-corrected chi connectivity index (χ1v) is 5.55. The molecular formula is C13H11N3O2. The molecule has 0 saturated carbocycles. The number of aromatic nitrogens is 2. The van der Waals surface area contributed by atoms with Crippen molar-refractivity contribution in [3.63, 3.8) is 0 Å². The number of carbonyl (C=O) groups excluding carboxylic acids is 1. The topological polar surface area (TPSA) is 81.4 Å². The van der Waals surface area contributed by atoms with Crippen LogP contribution in [0.2, 0.25) is 0 Å². The minimum absolute atomic E-state index is 0.453. The molecule has 1 aliphatic heterocycles. The van der Waals surface area contributed by atoms with Crippen LogP contribution in [0.3, 0.4) is 0 Å². The molecule has 0 radical (unpaired) electrons. The van der Waals surface area contributed by atoms with Gasteiger partial charge in [0.15, 0.2) is 0 Å². The van der Waals surface area contributed by atoms with Crippen molar-refractivity contribution in [2.45, 2.75) is 11.7 Å². The van der Waals surface area contributed by atoms with Gasteiger partial charge in [0.05, 0.1) is 11.4 Å². The lowest BCUT2D eigenvalue weighted by Crippen LogP contribution is -2.31. The van der Waals surface area contributed by atoms with Crippen molar-refractivity contribution in [3.8, 4) is 0 Å². The number of nitrogens with two attached hydrogens (primary N) is 1. The van der Waals surface area contributed by atoms with Crippen LogP contribution in [0.5, 0.6) is 0 Å². The molecule has 0 aromatic carbocycles. The van der Waals surface area contributed by atoms with Crippen LogP contribution in [0.1, 0.15) is 17.5 Å². The summed E-state index contributed by atoms with van der Waals surface area (Å²) in [5.74, 6) is -0.545. The zero-order valence-electron chi connectivity index (χ0n) is 9.48. The van der Waals surface area contributed by atoms with E-state index in [9.17, 15) is 4.79 Å². The number of pyridine rings is 2. The van der Waals surface area contributed by atoms with Crippen molar-refractivity contribution in [2.24, 2.45) is 5.73 Å². The fourth-order valence-corrected chi connectivity index (χ4v) is 2.04. The summed E-state index contributed by atoms with van der Waals surface area (Å²) < 4.78 is 5.54. The number of epoxide rings is 1. The quantitative estimate of drug-likeness (QED) is 0.810. The Morgan fingerprint density at radius 1 is 1.17 bits per heavy atom. The van der Waals surface area contributed by atoms with Crippen molar-refractivity contribution in [1.29, 1.82) is 0 Å². The number of hydrogen-bond acceptors (Lipinski definition) is 4. The van der Waals surface area contributed by atoms with Crippen molar-refractivity contribution in [2.75, 3.05) is 0 Å². The average Bonchev–Trinajstić information content (AvgIpc) is 3.18. The predicted molar refractivity (Wildman–Crippen MR) is 63.2 cm³/mol. The number of rotatable bonds is 3. The summed E-state index contributed by atoms with van der Waals surface area (Å²) in [5, 5.41) is 0. The van der Waals surface area contributed by atoms with E-state index in [0.29, 0.717) is 11.4 Å². The summed E-state index contributed by atoms with van der Waals surface area (Å²) in [4.78, 5) is 20.0. The maximum Gasteiger partial charge on any atom is 0.259 e. The average molecular weight is 241 g/mol. The largest absolute Gasteiger partial charge is 0.367 e. The second-order valence-electron chi connectivity index (χ2n) is 4.07. The van der Waals surface area contributed by atoms with Crippen LogP contribution in [0.4, 0.5) is 0 Å². The molecule has 1 saturated heterocycles. The Kier molecular flexibility index (Phi) is 2.34. The molecule has 1 aliphatic rings. The second kappa shape index (κ2) is 3.89. The summed E-state index contributed by atoms with van der Waals surface area (Å²) >= 11 is 0. The molecule has 3 rings (SSSR count). The van der Waals surface area contributed by atoms with Gasteiger partial charge < -0.3 is 10.5 Å². The van der Waals surface area contributed by atoms with Gasteiger partial charge >= 0.3 is 0 Å². The van der Waals surface area contributed by atoms with Crippen LogP contribution in [-0.4, -0.2) is 15.9 Å². The zero-order chi connectivity index (χ0) is 12.6. The Labute approximate surface area is 104 Å². The van der Waals surface area contributed by atoms with Crippen LogP contribution in [0, 0.1) is 0 Å². The van der Waals surface area contributed by atoms with Crippen molar-refractivity contribution >= 4 is 5.91 Å². The first kappa shape index (κ1) is 10.9. The summed E-state index contributed by atoms with van der Waals surface area (Å²) in [6.45, 7) is 0. The van der Waals surface area contributed by atoms with E-state index in [0.717, 1.165) is 0 Å². The first-order chi connectivity index (χ1) is 8.75. The molecule has 0 unspecified atom stereocenters. The smallest absolute Gasteiger partial charge is 0.259 e. The lowest BCUT2D eigenvalue weighted by atomic mass is 9.97. The van der Waals surface area contributed by atoms with Crippen LogP contribution < -0.4 is 5.73 Å².